The molecule has 0 amide bonds. The van der Waals surface area contributed by atoms with Crippen molar-refractivity contribution in [1.82, 2.24) is 0 Å². The summed E-state index contributed by atoms with van der Waals surface area (Å²) in [6.45, 7) is 5.53. The summed E-state index contributed by atoms with van der Waals surface area (Å²) in [6, 6.07) is 2.43. The first-order valence-corrected chi connectivity index (χ1v) is 13.9. The first-order valence-electron chi connectivity index (χ1n) is 13.9. The van der Waals surface area contributed by atoms with Gasteiger partial charge in [0.1, 0.15) is 0 Å². The van der Waals surface area contributed by atoms with E-state index in [0.29, 0.717) is 12.5 Å². The van der Waals surface area contributed by atoms with Gasteiger partial charge in [-0.15, -0.1) is 0 Å². The Labute approximate surface area is 219 Å². The molecule has 0 bridgehead atoms. The van der Waals surface area contributed by atoms with Gasteiger partial charge < -0.3 is 9.47 Å². The molecule has 0 aromatic heterocycles. The van der Waals surface area contributed by atoms with Gasteiger partial charge in [0, 0.05) is 0 Å². The molecule has 0 radical (unpaired) electrons. The van der Waals surface area contributed by atoms with E-state index in [1.165, 1.54) is 57.8 Å². The number of esters is 2. The van der Waals surface area contributed by atoms with E-state index in [1.807, 2.05) is 0 Å². The normalized spacial score (nSPS) is 12.0. The zero-order chi connectivity index (χ0) is 27.7. The average Bonchev–Trinajstić information content (AvgIpc) is 2.86. The predicted octanol–water partition coefficient (Wildman–Crippen LogP) is 9.19. The van der Waals surface area contributed by atoms with Crippen LogP contribution >= 0.6 is 0 Å². The summed E-state index contributed by atoms with van der Waals surface area (Å²) >= 11 is 0. The number of alkyl halides is 3. The van der Waals surface area contributed by atoms with E-state index in [2.05, 4.69) is 6.92 Å². The van der Waals surface area contributed by atoms with Gasteiger partial charge in [-0.25, -0.2) is 4.39 Å². The number of rotatable bonds is 19. The van der Waals surface area contributed by atoms with Crippen LogP contribution in [0, 0.1) is 11.2 Å². The standard InChI is InChI=1S/C29H44F4O4/c1-4-7-8-9-10-11-12-13-14-15-16-17-18-22-36-26(34)28(5-2,6-3)27(35)37-24-21-19-20-23(25(24)30)29(31,32)33/h19-21H,4-18,22H2,1-3H3. The second-order valence-electron chi connectivity index (χ2n) is 9.67. The summed E-state index contributed by atoms with van der Waals surface area (Å²) in [5, 5.41) is 0. The molecule has 1 aromatic rings. The van der Waals surface area contributed by atoms with Gasteiger partial charge >= 0.3 is 18.1 Å². The van der Waals surface area contributed by atoms with Crippen LogP contribution in [0.4, 0.5) is 17.6 Å². The lowest BCUT2D eigenvalue weighted by molar-refractivity contribution is -0.168. The van der Waals surface area contributed by atoms with Gasteiger partial charge in [0.2, 0.25) is 0 Å². The SMILES string of the molecule is CCCCCCCCCCCCCCCOC(=O)C(CC)(CC)C(=O)Oc1cccc(C(F)(F)F)c1F. The molecule has 0 fully saturated rings. The lowest BCUT2D eigenvalue weighted by Crippen LogP contribution is -2.42. The van der Waals surface area contributed by atoms with Gasteiger partial charge in [0.05, 0.1) is 12.2 Å². The highest BCUT2D eigenvalue weighted by Gasteiger charge is 2.47. The quantitative estimate of drug-likeness (QED) is 0.0586. The van der Waals surface area contributed by atoms with E-state index >= 15 is 0 Å². The predicted molar refractivity (Wildman–Crippen MR) is 137 cm³/mol. The Morgan fingerprint density at radius 1 is 0.730 bits per heavy atom. The highest BCUT2D eigenvalue weighted by Crippen LogP contribution is 2.36. The molecule has 0 aliphatic rings. The van der Waals surface area contributed by atoms with E-state index in [4.69, 9.17) is 9.47 Å². The minimum Gasteiger partial charge on any atom is -0.465 e. The Balaban J connectivity index is 2.42. The molecule has 0 heterocycles. The number of carbonyl (C=O) groups excluding carboxylic acids is 2. The minimum atomic E-state index is -4.94. The van der Waals surface area contributed by atoms with Crippen LogP contribution in [0.25, 0.3) is 0 Å². The second-order valence-corrected chi connectivity index (χ2v) is 9.67. The Bertz CT molecular complexity index is 804. The van der Waals surface area contributed by atoms with Crippen molar-refractivity contribution >= 4 is 11.9 Å². The van der Waals surface area contributed by atoms with Crippen LogP contribution in [-0.4, -0.2) is 18.5 Å². The summed E-state index contributed by atoms with van der Waals surface area (Å²) < 4.78 is 63.5. The fourth-order valence-electron chi connectivity index (χ4n) is 4.34. The molecule has 0 aliphatic heterocycles. The summed E-state index contributed by atoms with van der Waals surface area (Å²) in [4.78, 5) is 25.6. The van der Waals surface area contributed by atoms with Crippen LogP contribution in [0.3, 0.4) is 0 Å². The van der Waals surface area contributed by atoms with Crippen LogP contribution in [0.1, 0.15) is 123 Å². The summed E-state index contributed by atoms with van der Waals surface area (Å²) in [5.41, 5.74) is -3.25. The molecule has 0 saturated carbocycles. The molecular formula is C29H44F4O4. The Morgan fingerprint density at radius 2 is 1.22 bits per heavy atom. The number of carbonyl (C=O) groups is 2. The molecule has 0 atom stereocenters. The maximum Gasteiger partial charge on any atom is 0.419 e. The van der Waals surface area contributed by atoms with Crippen molar-refractivity contribution in [3.63, 3.8) is 0 Å². The number of halogens is 4. The van der Waals surface area contributed by atoms with Crippen LogP contribution in [0.5, 0.6) is 5.75 Å². The van der Waals surface area contributed by atoms with Crippen LogP contribution in [-0.2, 0) is 20.5 Å². The molecule has 0 N–H and O–H groups in total. The molecule has 8 heteroatoms. The molecule has 0 spiro atoms. The van der Waals surface area contributed by atoms with Crippen LogP contribution in [0.15, 0.2) is 18.2 Å². The maximum atomic E-state index is 14.3. The zero-order valence-corrected chi connectivity index (χ0v) is 22.7. The molecule has 37 heavy (non-hydrogen) atoms. The number of benzene rings is 1. The second kappa shape index (κ2) is 17.4. The van der Waals surface area contributed by atoms with E-state index in [9.17, 15) is 27.2 Å². The maximum absolute atomic E-state index is 14.3. The van der Waals surface area contributed by atoms with Crippen molar-refractivity contribution in [1.29, 1.82) is 0 Å². The summed E-state index contributed by atoms with van der Waals surface area (Å²) in [6.07, 6.45) is 10.4. The first-order chi connectivity index (χ1) is 17.6. The van der Waals surface area contributed by atoms with Crippen molar-refractivity contribution in [2.24, 2.45) is 5.41 Å². The van der Waals surface area contributed by atoms with Gasteiger partial charge in [-0.1, -0.05) is 104 Å². The molecule has 212 valence electrons. The lowest BCUT2D eigenvalue weighted by Gasteiger charge is -2.27. The molecular weight excluding hydrogens is 488 g/mol. The molecule has 0 unspecified atom stereocenters. The average molecular weight is 533 g/mol. The van der Waals surface area contributed by atoms with Gasteiger partial charge in [-0.05, 0) is 31.4 Å². The fourth-order valence-corrected chi connectivity index (χ4v) is 4.34. The van der Waals surface area contributed by atoms with E-state index < -0.39 is 40.7 Å². The monoisotopic (exact) mass is 532 g/mol. The van der Waals surface area contributed by atoms with Gasteiger partial charge in [-0.2, -0.15) is 13.2 Å². The van der Waals surface area contributed by atoms with Gasteiger partial charge in [0.15, 0.2) is 17.0 Å². The van der Waals surface area contributed by atoms with Crippen LogP contribution in [0.2, 0.25) is 0 Å². The molecule has 4 nitrogen and oxygen atoms in total. The molecule has 1 aromatic carbocycles. The third-order valence-electron chi connectivity index (χ3n) is 6.94. The Morgan fingerprint density at radius 3 is 1.68 bits per heavy atom. The molecule has 0 saturated heterocycles. The molecule has 1 rings (SSSR count). The Hall–Kier alpha value is -2.12. The van der Waals surface area contributed by atoms with Crippen molar-refractivity contribution in [3.8, 4) is 5.75 Å². The number of hydrogen-bond donors (Lipinski definition) is 0. The largest absolute Gasteiger partial charge is 0.465 e. The first kappa shape index (κ1) is 32.9. The van der Waals surface area contributed by atoms with Crippen LogP contribution < -0.4 is 4.74 Å². The smallest absolute Gasteiger partial charge is 0.419 e. The number of ether oxygens (including phenoxy) is 2. The summed E-state index contributed by atoms with van der Waals surface area (Å²) in [7, 11) is 0. The highest BCUT2D eigenvalue weighted by molar-refractivity contribution is 6.00. The van der Waals surface area contributed by atoms with Gasteiger partial charge in [0.25, 0.3) is 0 Å². The Kier molecular flexibility index (Phi) is 15.5. The van der Waals surface area contributed by atoms with Crippen molar-refractivity contribution in [3.05, 3.63) is 29.6 Å². The van der Waals surface area contributed by atoms with Crippen molar-refractivity contribution in [2.75, 3.05) is 6.61 Å². The summed E-state index contributed by atoms with van der Waals surface area (Å²) in [5.74, 6) is -4.47. The van der Waals surface area contributed by atoms with E-state index in [-0.39, 0.29) is 19.4 Å². The van der Waals surface area contributed by atoms with Crippen molar-refractivity contribution in [2.45, 2.75) is 123 Å². The van der Waals surface area contributed by atoms with Gasteiger partial charge in [-0.3, -0.25) is 9.59 Å². The third kappa shape index (κ3) is 11.0. The fraction of sp³-hybridized carbons (Fsp3) is 0.724. The molecule has 0 aliphatic carbocycles. The number of hydrogen-bond acceptors (Lipinski definition) is 4. The highest BCUT2D eigenvalue weighted by atomic mass is 19.4. The minimum absolute atomic E-state index is 0.0142. The number of unbranched alkanes of at least 4 members (excludes halogenated alkanes) is 12. The van der Waals surface area contributed by atoms with Crippen molar-refractivity contribution < 1.29 is 36.6 Å². The van der Waals surface area contributed by atoms with E-state index in [0.717, 1.165) is 31.4 Å². The van der Waals surface area contributed by atoms with E-state index in [1.54, 1.807) is 13.8 Å². The third-order valence-corrected chi connectivity index (χ3v) is 6.94. The lowest BCUT2D eigenvalue weighted by atomic mass is 9.82. The zero-order valence-electron chi connectivity index (χ0n) is 22.7. The topological polar surface area (TPSA) is 52.6 Å².